The van der Waals surface area contributed by atoms with Gasteiger partial charge in [-0.2, -0.15) is 0 Å². The van der Waals surface area contributed by atoms with Gasteiger partial charge in [-0.15, -0.1) is 0 Å². The minimum Gasteiger partial charge on any atom is -0.497 e. The Morgan fingerprint density at radius 2 is 2.16 bits per heavy atom. The quantitative estimate of drug-likeness (QED) is 0.837. The molecule has 0 aromatic heterocycles. The summed E-state index contributed by atoms with van der Waals surface area (Å²) in [6.45, 7) is 3.63. The van der Waals surface area contributed by atoms with Crippen LogP contribution in [0.25, 0.3) is 0 Å². The number of nitrogens with one attached hydrogen (secondary N) is 1. The van der Waals surface area contributed by atoms with E-state index in [1.807, 2.05) is 31.2 Å². The van der Waals surface area contributed by atoms with Crippen LogP contribution in [-0.4, -0.2) is 38.3 Å². The molecule has 1 aromatic carbocycles. The molecule has 1 aliphatic rings. The van der Waals surface area contributed by atoms with Crippen LogP contribution in [0.1, 0.15) is 18.4 Å². The summed E-state index contributed by atoms with van der Waals surface area (Å²) in [6.07, 6.45) is 0. The SMILES string of the molecule is COc1ccc(C(C)C2(C(N)=O)CNCCO2)cc1. The number of nitrogens with two attached hydrogens (primary N) is 1. The molecule has 104 valence electrons. The third-order valence-corrected chi connectivity index (χ3v) is 3.76. The molecule has 1 heterocycles. The van der Waals surface area contributed by atoms with Crippen molar-refractivity contribution in [3.8, 4) is 5.75 Å². The molecule has 5 nitrogen and oxygen atoms in total. The Kier molecular flexibility index (Phi) is 4.07. The number of carbonyl (C=O) groups excluding carboxylic acids is 1. The molecule has 1 amide bonds. The van der Waals surface area contributed by atoms with Crippen molar-refractivity contribution in [3.05, 3.63) is 29.8 Å². The topological polar surface area (TPSA) is 73.6 Å². The average molecular weight is 264 g/mol. The third-order valence-electron chi connectivity index (χ3n) is 3.76. The normalized spacial score (nSPS) is 24.7. The van der Waals surface area contributed by atoms with Crippen molar-refractivity contribution < 1.29 is 14.3 Å². The molecule has 3 N–H and O–H groups in total. The number of hydrogen-bond acceptors (Lipinski definition) is 4. The van der Waals surface area contributed by atoms with Crippen LogP contribution in [0.3, 0.4) is 0 Å². The summed E-state index contributed by atoms with van der Waals surface area (Å²) in [5.41, 5.74) is 5.59. The lowest BCUT2D eigenvalue weighted by Crippen LogP contribution is -2.60. The number of rotatable bonds is 4. The van der Waals surface area contributed by atoms with Crippen LogP contribution >= 0.6 is 0 Å². The van der Waals surface area contributed by atoms with Crippen molar-refractivity contribution in [2.75, 3.05) is 26.8 Å². The first-order chi connectivity index (χ1) is 9.10. The van der Waals surface area contributed by atoms with Gasteiger partial charge < -0.3 is 20.5 Å². The van der Waals surface area contributed by atoms with Crippen LogP contribution in [0.2, 0.25) is 0 Å². The first-order valence-electron chi connectivity index (χ1n) is 6.38. The lowest BCUT2D eigenvalue weighted by Gasteiger charge is -2.39. The Labute approximate surface area is 113 Å². The number of primary amides is 1. The van der Waals surface area contributed by atoms with Crippen LogP contribution < -0.4 is 15.8 Å². The van der Waals surface area contributed by atoms with Gasteiger partial charge in [0.1, 0.15) is 5.75 Å². The van der Waals surface area contributed by atoms with Gasteiger partial charge in [-0.05, 0) is 17.7 Å². The van der Waals surface area contributed by atoms with E-state index in [-0.39, 0.29) is 5.92 Å². The van der Waals surface area contributed by atoms with Crippen molar-refractivity contribution >= 4 is 5.91 Å². The highest BCUT2D eigenvalue weighted by Crippen LogP contribution is 2.33. The second-order valence-corrected chi connectivity index (χ2v) is 4.77. The summed E-state index contributed by atoms with van der Waals surface area (Å²) in [6, 6.07) is 7.62. The number of hydrogen-bond donors (Lipinski definition) is 2. The van der Waals surface area contributed by atoms with Crippen molar-refractivity contribution in [1.82, 2.24) is 5.32 Å². The maximum atomic E-state index is 11.8. The predicted octanol–water partition coefficient (Wildman–Crippen LogP) is 0.643. The molecule has 5 heteroatoms. The fourth-order valence-corrected chi connectivity index (χ4v) is 2.44. The highest BCUT2D eigenvalue weighted by atomic mass is 16.5. The number of methoxy groups -OCH3 is 1. The Morgan fingerprint density at radius 3 is 2.63 bits per heavy atom. The smallest absolute Gasteiger partial charge is 0.251 e. The second kappa shape index (κ2) is 5.59. The van der Waals surface area contributed by atoms with Crippen LogP contribution in [-0.2, 0) is 9.53 Å². The van der Waals surface area contributed by atoms with Crippen molar-refractivity contribution in [2.24, 2.45) is 5.73 Å². The van der Waals surface area contributed by atoms with Crippen LogP contribution in [0.15, 0.2) is 24.3 Å². The minimum absolute atomic E-state index is 0.122. The zero-order valence-corrected chi connectivity index (χ0v) is 11.3. The summed E-state index contributed by atoms with van der Waals surface area (Å²) in [5, 5.41) is 3.18. The Morgan fingerprint density at radius 1 is 1.47 bits per heavy atom. The maximum absolute atomic E-state index is 11.8. The van der Waals surface area contributed by atoms with E-state index >= 15 is 0 Å². The molecule has 1 fully saturated rings. The van der Waals surface area contributed by atoms with E-state index in [2.05, 4.69) is 5.32 Å². The van der Waals surface area contributed by atoms with E-state index in [0.717, 1.165) is 17.9 Å². The molecule has 1 saturated heterocycles. The lowest BCUT2D eigenvalue weighted by atomic mass is 9.81. The molecule has 2 rings (SSSR count). The molecule has 0 bridgehead atoms. The minimum atomic E-state index is -0.979. The monoisotopic (exact) mass is 264 g/mol. The molecule has 2 unspecified atom stereocenters. The number of amides is 1. The molecule has 19 heavy (non-hydrogen) atoms. The van der Waals surface area contributed by atoms with Gasteiger partial charge in [-0.25, -0.2) is 0 Å². The van der Waals surface area contributed by atoms with Gasteiger partial charge in [0.15, 0.2) is 5.60 Å². The first kappa shape index (κ1) is 13.8. The summed E-state index contributed by atoms with van der Waals surface area (Å²) in [7, 11) is 1.62. The highest BCUT2D eigenvalue weighted by Gasteiger charge is 2.45. The van der Waals surface area contributed by atoms with E-state index in [9.17, 15) is 4.79 Å². The van der Waals surface area contributed by atoms with E-state index in [4.69, 9.17) is 15.2 Å². The van der Waals surface area contributed by atoms with Gasteiger partial charge in [-0.3, -0.25) is 4.79 Å². The predicted molar refractivity (Wildman–Crippen MR) is 72.2 cm³/mol. The largest absolute Gasteiger partial charge is 0.497 e. The Balaban J connectivity index is 2.27. The summed E-state index contributed by atoms with van der Waals surface area (Å²) >= 11 is 0. The van der Waals surface area contributed by atoms with Crippen molar-refractivity contribution in [1.29, 1.82) is 0 Å². The molecule has 2 atom stereocenters. The van der Waals surface area contributed by atoms with Crippen LogP contribution in [0.5, 0.6) is 5.75 Å². The molecule has 0 radical (unpaired) electrons. The summed E-state index contributed by atoms with van der Waals surface area (Å²) in [4.78, 5) is 11.8. The van der Waals surface area contributed by atoms with Crippen LogP contribution in [0.4, 0.5) is 0 Å². The lowest BCUT2D eigenvalue weighted by molar-refractivity contribution is -0.150. The zero-order chi connectivity index (χ0) is 13.9. The molecule has 0 aliphatic carbocycles. The second-order valence-electron chi connectivity index (χ2n) is 4.77. The third kappa shape index (κ3) is 2.57. The maximum Gasteiger partial charge on any atom is 0.251 e. The molecular weight excluding hydrogens is 244 g/mol. The van der Waals surface area contributed by atoms with Gasteiger partial charge in [0.25, 0.3) is 5.91 Å². The molecule has 0 spiro atoms. The summed E-state index contributed by atoms with van der Waals surface area (Å²) < 4.78 is 10.9. The summed E-state index contributed by atoms with van der Waals surface area (Å²) in [5.74, 6) is 0.235. The van der Waals surface area contributed by atoms with Crippen molar-refractivity contribution in [2.45, 2.75) is 18.4 Å². The highest BCUT2D eigenvalue weighted by molar-refractivity contribution is 5.85. The molecule has 1 aliphatic heterocycles. The van der Waals surface area contributed by atoms with Gasteiger partial charge in [0, 0.05) is 19.0 Å². The van der Waals surface area contributed by atoms with E-state index in [1.54, 1.807) is 7.11 Å². The van der Waals surface area contributed by atoms with Crippen molar-refractivity contribution in [3.63, 3.8) is 0 Å². The van der Waals surface area contributed by atoms with Gasteiger partial charge in [0.05, 0.1) is 13.7 Å². The molecule has 0 saturated carbocycles. The van der Waals surface area contributed by atoms with E-state index < -0.39 is 11.5 Å². The van der Waals surface area contributed by atoms with E-state index in [1.165, 1.54) is 0 Å². The fourth-order valence-electron chi connectivity index (χ4n) is 2.44. The Hall–Kier alpha value is -1.59. The Bertz CT molecular complexity index is 439. The number of benzene rings is 1. The molecular formula is C14H20N2O3. The number of morpholine rings is 1. The van der Waals surface area contributed by atoms with Gasteiger partial charge in [0.2, 0.25) is 0 Å². The van der Waals surface area contributed by atoms with Crippen LogP contribution in [0, 0.1) is 0 Å². The number of carbonyl (C=O) groups is 1. The molecule has 1 aromatic rings. The first-order valence-corrected chi connectivity index (χ1v) is 6.38. The zero-order valence-electron chi connectivity index (χ0n) is 11.3. The number of ether oxygens (including phenoxy) is 2. The van der Waals surface area contributed by atoms with E-state index in [0.29, 0.717) is 13.2 Å². The fraction of sp³-hybridized carbons (Fsp3) is 0.500. The standard InChI is InChI=1S/C14H20N2O3/c1-10(11-3-5-12(18-2)6-4-11)14(13(15)17)9-16-7-8-19-14/h3-6,10,16H,7-9H2,1-2H3,(H2,15,17). The average Bonchev–Trinajstić information content (AvgIpc) is 2.47. The van der Waals surface area contributed by atoms with Gasteiger partial charge >= 0.3 is 0 Å². The van der Waals surface area contributed by atoms with Gasteiger partial charge in [-0.1, -0.05) is 19.1 Å².